The molecule has 25 heavy (non-hydrogen) atoms. The number of amides is 1. The fraction of sp³-hybridized carbons (Fsp3) is 0.368. The first-order valence-electron chi connectivity index (χ1n) is 8.32. The topological polar surface area (TPSA) is 58.6 Å². The zero-order valence-electron chi connectivity index (χ0n) is 14.4. The van der Waals surface area contributed by atoms with Gasteiger partial charge in [-0.3, -0.25) is 9.59 Å². The van der Waals surface area contributed by atoms with Crippen molar-refractivity contribution in [1.82, 2.24) is 10.2 Å². The van der Waals surface area contributed by atoms with E-state index in [-0.39, 0.29) is 24.3 Å². The summed E-state index contributed by atoms with van der Waals surface area (Å²) in [6, 6.07) is 6.26. The maximum atomic E-state index is 13.8. The van der Waals surface area contributed by atoms with Crippen LogP contribution in [0.15, 0.2) is 24.3 Å². The van der Waals surface area contributed by atoms with Crippen LogP contribution in [0.1, 0.15) is 28.4 Å². The Hall–Kier alpha value is -2.47. The Kier molecular flexibility index (Phi) is 4.99. The van der Waals surface area contributed by atoms with E-state index in [1.165, 1.54) is 19.1 Å². The van der Waals surface area contributed by atoms with Gasteiger partial charge in [-0.15, -0.1) is 0 Å². The van der Waals surface area contributed by atoms with E-state index in [0.29, 0.717) is 24.0 Å². The van der Waals surface area contributed by atoms with Crippen LogP contribution in [-0.4, -0.2) is 43.0 Å². The van der Waals surface area contributed by atoms with Crippen molar-refractivity contribution >= 4 is 22.6 Å². The van der Waals surface area contributed by atoms with Gasteiger partial charge >= 0.3 is 5.97 Å². The van der Waals surface area contributed by atoms with Crippen molar-refractivity contribution in [2.75, 3.05) is 26.2 Å². The molecule has 2 aromatic carbocycles. The Morgan fingerprint density at radius 3 is 2.64 bits per heavy atom. The van der Waals surface area contributed by atoms with E-state index in [1.807, 2.05) is 13.0 Å². The van der Waals surface area contributed by atoms with Gasteiger partial charge in [0.15, 0.2) is 0 Å². The summed E-state index contributed by atoms with van der Waals surface area (Å²) in [5, 5.41) is 4.56. The quantitative estimate of drug-likeness (QED) is 0.869. The average Bonchev–Trinajstić information content (AvgIpc) is 2.60. The van der Waals surface area contributed by atoms with Gasteiger partial charge in [0.05, 0.1) is 5.56 Å². The predicted octanol–water partition coefficient (Wildman–Crippen LogP) is 2.40. The normalized spacial score (nSPS) is 14.6. The highest BCUT2D eigenvalue weighted by Crippen LogP contribution is 2.28. The predicted molar refractivity (Wildman–Crippen MR) is 92.9 cm³/mol. The van der Waals surface area contributed by atoms with Gasteiger partial charge < -0.3 is 15.0 Å². The lowest BCUT2D eigenvalue weighted by molar-refractivity contribution is -0.142. The Morgan fingerprint density at radius 2 is 1.96 bits per heavy atom. The molecule has 0 radical (unpaired) electrons. The van der Waals surface area contributed by atoms with Crippen LogP contribution in [0.5, 0.6) is 0 Å². The number of piperazine rings is 1. The molecule has 0 unspecified atom stereocenters. The van der Waals surface area contributed by atoms with E-state index in [0.717, 1.165) is 29.6 Å². The van der Waals surface area contributed by atoms with E-state index >= 15 is 0 Å². The molecule has 1 aliphatic rings. The molecule has 1 saturated heterocycles. The molecule has 0 bridgehead atoms. The molecule has 1 fully saturated rings. The number of halogens is 1. The van der Waals surface area contributed by atoms with Crippen LogP contribution >= 0.6 is 0 Å². The standard InChI is InChI=1S/C19H21FN2O3/c1-12-15(11-25-13(2)23)9-14-3-4-16(20)10-17(14)18(12)19(24)22-7-5-21-6-8-22/h3-4,9-10,21H,5-8,11H2,1-2H3. The highest BCUT2D eigenvalue weighted by molar-refractivity contribution is 6.08. The van der Waals surface area contributed by atoms with Gasteiger partial charge in [-0.2, -0.15) is 0 Å². The van der Waals surface area contributed by atoms with Gasteiger partial charge in [-0.1, -0.05) is 6.07 Å². The second-order valence-corrected chi connectivity index (χ2v) is 6.22. The summed E-state index contributed by atoms with van der Waals surface area (Å²) in [6.07, 6.45) is 0. The number of hydrogen-bond acceptors (Lipinski definition) is 4. The minimum absolute atomic E-state index is 0.0936. The molecule has 3 rings (SSSR count). The Bertz CT molecular complexity index is 829. The molecule has 1 N–H and O–H groups in total. The van der Waals surface area contributed by atoms with Crippen molar-refractivity contribution in [3.05, 3.63) is 46.8 Å². The van der Waals surface area contributed by atoms with Crippen molar-refractivity contribution in [3.8, 4) is 0 Å². The molecule has 0 spiro atoms. The maximum absolute atomic E-state index is 13.8. The molecule has 0 aromatic heterocycles. The lowest BCUT2D eigenvalue weighted by Gasteiger charge is -2.29. The number of nitrogens with zero attached hydrogens (tertiary/aromatic N) is 1. The van der Waals surface area contributed by atoms with E-state index in [2.05, 4.69) is 5.32 Å². The lowest BCUT2D eigenvalue weighted by Crippen LogP contribution is -2.46. The third-order valence-corrected chi connectivity index (χ3v) is 4.52. The van der Waals surface area contributed by atoms with E-state index in [1.54, 1.807) is 11.0 Å². The number of esters is 1. The number of carbonyl (C=O) groups is 2. The summed E-state index contributed by atoms with van der Waals surface area (Å²) >= 11 is 0. The van der Waals surface area contributed by atoms with Crippen LogP contribution in [0.2, 0.25) is 0 Å². The van der Waals surface area contributed by atoms with Crippen LogP contribution in [0.25, 0.3) is 10.8 Å². The number of nitrogens with one attached hydrogen (secondary N) is 1. The lowest BCUT2D eigenvalue weighted by atomic mass is 9.94. The number of fused-ring (bicyclic) bond motifs is 1. The summed E-state index contributed by atoms with van der Waals surface area (Å²) in [5.41, 5.74) is 1.97. The first kappa shape index (κ1) is 17.4. The first-order chi connectivity index (χ1) is 12.0. The summed E-state index contributed by atoms with van der Waals surface area (Å²) < 4.78 is 18.9. The van der Waals surface area contributed by atoms with Crippen LogP contribution in [-0.2, 0) is 16.1 Å². The maximum Gasteiger partial charge on any atom is 0.302 e. The second kappa shape index (κ2) is 7.19. The highest BCUT2D eigenvalue weighted by atomic mass is 19.1. The van der Waals surface area contributed by atoms with Gasteiger partial charge in [0.1, 0.15) is 12.4 Å². The SMILES string of the molecule is CC(=O)OCc1cc2ccc(F)cc2c(C(=O)N2CCNCC2)c1C. The molecular weight excluding hydrogens is 323 g/mol. The van der Waals surface area contributed by atoms with Gasteiger partial charge in [0.2, 0.25) is 0 Å². The van der Waals surface area contributed by atoms with Gasteiger partial charge in [-0.25, -0.2) is 4.39 Å². The van der Waals surface area contributed by atoms with Gasteiger partial charge in [0, 0.05) is 33.1 Å². The minimum Gasteiger partial charge on any atom is -0.461 e. The van der Waals surface area contributed by atoms with E-state index in [4.69, 9.17) is 4.74 Å². The van der Waals surface area contributed by atoms with Gasteiger partial charge in [0.25, 0.3) is 5.91 Å². The molecule has 0 saturated carbocycles. The zero-order valence-corrected chi connectivity index (χ0v) is 14.4. The number of hydrogen-bond donors (Lipinski definition) is 1. The van der Waals surface area contributed by atoms with Crippen LogP contribution in [0.3, 0.4) is 0 Å². The number of ether oxygens (including phenoxy) is 1. The van der Waals surface area contributed by atoms with Crippen LogP contribution < -0.4 is 5.32 Å². The third kappa shape index (κ3) is 3.64. The third-order valence-electron chi connectivity index (χ3n) is 4.52. The minimum atomic E-state index is -0.381. The summed E-state index contributed by atoms with van der Waals surface area (Å²) in [4.78, 5) is 26.0. The van der Waals surface area contributed by atoms with Crippen molar-refractivity contribution < 1.29 is 18.7 Å². The van der Waals surface area contributed by atoms with Crippen molar-refractivity contribution in [1.29, 1.82) is 0 Å². The molecule has 2 aromatic rings. The monoisotopic (exact) mass is 344 g/mol. The molecule has 6 heteroatoms. The highest BCUT2D eigenvalue weighted by Gasteiger charge is 2.23. The molecule has 132 valence electrons. The number of benzene rings is 2. The molecule has 1 aliphatic heterocycles. The van der Waals surface area contributed by atoms with E-state index < -0.39 is 0 Å². The van der Waals surface area contributed by atoms with Crippen molar-refractivity contribution in [2.24, 2.45) is 0 Å². The molecule has 5 nitrogen and oxygen atoms in total. The number of carbonyl (C=O) groups excluding carboxylic acids is 2. The second-order valence-electron chi connectivity index (χ2n) is 6.22. The Labute approximate surface area is 145 Å². The molecule has 0 atom stereocenters. The average molecular weight is 344 g/mol. The molecule has 1 heterocycles. The fourth-order valence-electron chi connectivity index (χ4n) is 3.16. The molecular formula is C19H21FN2O3. The van der Waals surface area contributed by atoms with E-state index in [9.17, 15) is 14.0 Å². The van der Waals surface area contributed by atoms with Gasteiger partial charge in [-0.05, 0) is 47.0 Å². The largest absolute Gasteiger partial charge is 0.461 e. The zero-order chi connectivity index (χ0) is 18.0. The van der Waals surface area contributed by atoms with Crippen LogP contribution in [0.4, 0.5) is 4.39 Å². The van der Waals surface area contributed by atoms with Crippen molar-refractivity contribution in [3.63, 3.8) is 0 Å². The molecule has 1 amide bonds. The first-order valence-corrected chi connectivity index (χ1v) is 8.32. The Morgan fingerprint density at radius 1 is 1.24 bits per heavy atom. The van der Waals surface area contributed by atoms with Crippen molar-refractivity contribution in [2.45, 2.75) is 20.5 Å². The summed E-state index contributed by atoms with van der Waals surface area (Å²) in [5.74, 6) is -0.873. The van der Waals surface area contributed by atoms with Crippen LogP contribution in [0, 0.1) is 12.7 Å². The fourth-order valence-corrected chi connectivity index (χ4v) is 3.16. The Balaban J connectivity index is 2.11. The molecule has 0 aliphatic carbocycles. The number of rotatable bonds is 3. The smallest absolute Gasteiger partial charge is 0.302 e. The summed E-state index contributed by atoms with van der Waals surface area (Å²) in [7, 11) is 0. The summed E-state index contributed by atoms with van der Waals surface area (Å²) in [6.45, 7) is 5.97.